The van der Waals surface area contributed by atoms with E-state index in [1.807, 2.05) is 17.0 Å². The van der Waals surface area contributed by atoms with Crippen LogP contribution >= 0.6 is 11.3 Å². The molecule has 1 atom stereocenters. The van der Waals surface area contributed by atoms with Crippen molar-refractivity contribution >= 4 is 17.2 Å². The summed E-state index contributed by atoms with van der Waals surface area (Å²) in [6.45, 7) is 6.01. The Kier molecular flexibility index (Phi) is 6.83. The van der Waals surface area contributed by atoms with E-state index in [1.54, 1.807) is 18.4 Å². The Morgan fingerprint density at radius 2 is 2.08 bits per heavy atom. The van der Waals surface area contributed by atoms with E-state index in [-0.39, 0.29) is 5.91 Å². The van der Waals surface area contributed by atoms with Crippen LogP contribution in [-0.4, -0.2) is 44.2 Å². The Hall–Kier alpha value is -1.69. The van der Waals surface area contributed by atoms with E-state index < -0.39 is 0 Å². The molecule has 0 unspecified atom stereocenters. The summed E-state index contributed by atoms with van der Waals surface area (Å²) in [6.07, 6.45) is 2.44. The summed E-state index contributed by atoms with van der Waals surface area (Å²) >= 11 is 1.74. The molecule has 5 heteroatoms. The van der Waals surface area contributed by atoms with Gasteiger partial charge in [-0.15, -0.1) is 11.3 Å². The first-order valence-corrected chi connectivity index (χ1v) is 10.1. The highest BCUT2D eigenvalue weighted by atomic mass is 32.1. The molecule has 1 aromatic carbocycles. The first kappa shape index (κ1) is 19.1. The van der Waals surface area contributed by atoms with Crippen LogP contribution in [0.1, 0.15) is 44.4 Å². The molecule has 26 heavy (non-hydrogen) atoms. The predicted molar refractivity (Wildman–Crippen MR) is 107 cm³/mol. The van der Waals surface area contributed by atoms with Crippen molar-refractivity contribution in [3.8, 4) is 0 Å². The molecule has 2 aromatic rings. The molecule has 2 heterocycles. The van der Waals surface area contributed by atoms with Crippen LogP contribution in [-0.2, 0) is 11.3 Å². The van der Waals surface area contributed by atoms with Crippen LogP contribution in [0.15, 0.2) is 36.4 Å². The number of carbonyl (C=O) groups is 1. The van der Waals surface area contributed by atoms with Gasteiger partial charge in [-0.1, -0.05) is 12.1 Å². The maximum Gasteiger partial charge on any atom is 0.254 e. The van der Waals surface area contributed by atoms with Gasteiger partial charge < -0.3 is 15.0 Å². The van der Waals surface area contributed by atoms with E-state index in [9.17, 15) is 4.79 Å². The zero-order chi connectivity index (χ0) is 18.4. The van der Waals surface area contributed by atoms with E-state index in [0.29, 0.717) is 25.6 Å². The molecule has 1 N–H and O–H groups in total. The Bertz CT molecular complexity index is 705. The van der Waals surface area contributed by atoms with Crippen molar-refractivity contribution in [3.05, 3.63) is 57.3 Å². The van der Waals surface area contributed by atoms with Crippen molar-refractivity contribution in [3.63, 3.8) is 0 Å². The van der Waals surface area contributed by atoms with Crippen LogP contribution in [0, 0.1) is 6.92 Å². The number of benzene rings is 1. The molecule has 4 nitrogen and oxygen atoms in total. The van der Waals surface area contributed by atoms with Crippen LogP contribution in [0.3, 0.4) is 0 Å². The molecule has 3 rings (SSSR count). The van der Waals surface area contributed by atoms with Crippen molar-refractivity contribution < 1.29 is 9.53 Å². The van der Waals surface area contributed by atoms with Gasteiger partial charge in [-0.3, -0.25) is 4.79 Å². The van der Waals surface area contributed by atoms with Crippen LogP contribution in [0.5, 0.6) is 0 Å². The molecule has 1 aliphatic heterocycles. The van der Waals surface area contributed by atoms with Crippen molar-refractivity contribution in [1.82, 2.24) is 10.2 Å². The summed E-state index contributed by atoms with van der Waals surface area (Å²) in [5.41, 5.74) is 2.08. The molecule has 0 spiro atoms. The number of rotatable bonds is 7. The summed E-state index contributed by atoms with van der Waals surface area (Å²) in [4.78, 5) is 17.4. The topological polar surface area (TPSA) is 41.6 Å². The fraction of sp³-hybridized carbons (Fsp3) is 0.476. The first-order valence-electron chi connectivity index (χ1n) is 9.31. The van der Waals surface area contributed by atoms with E-state index >= 15 is 0 Å². The number of aryl methyl sites for hydroxylation is 1. The number of ether oxygens (including phenoxy) is 1. The van der Waals surface area contributed by atoms with Crippen LogP contribution < -0.4 is 5.32 Å². The van der Waals surface area contributed by atoms with Gasteiger partial charge in [-0.05, 0) is 62.1 Å². The summed E-state index contributed by atoms with van der Waals surface area (Å²) < 4.78 is 5.20. The molecular weight excluding hydrogens is 344 g/mol. The van der Waals surface area contributed by atoms with Crippen LogP contribution in [0.4, 0.5) is 0 Å². The number of piperidine rings is 1. The van der Waals surface area contributed by atoms with Gasteiger partial charge in [0.1, 0.15) is 0 Å². The average Bonchev–Trinajstić information content (AvgIpc) is 3.10. The fourth-order valence-corrected chi connectivity index (χ4v) is 4.33. The molecule has 1 aliphatic rings. The Morgan fingerprint density at radius 1 is 1.27 bits per heavy atom. The van der Waals surface area contributed by atoms with Crippen LogP contribution in [0.2, 0.25) is 0 Å². The number of amides is 1. The molecule has 1 fully saturated rings. The van der Waals surface area contributed by atoms with E-state index in [0.717, 1.165) is 18.7 Å². The fourth-order valence-electron chi connectivity index (χ4n) is 3.43. The lowest BCUT2D eigenvalue weighted by Crippen LogP contribution is -2.33. The highest BCUT2D eigenvalue weighted by Gasteiger charge is 2.19. The van der Waals surface area contributed by atoms with Crippen molar-refractivity contribution in [2.24, 2.45) is 0 Å². The number of hydrogen-bond donors (Lipinski definition) is 1. The third kappa shape index (κ3) is 4.93. The quantitative estimate of drug-likeness (QED) is 0.803. The van der Waals surface area contributed by atoms with E-state index in [2.05, 4.69) is 36.5 Å². The van der Waals surface area contributed by atoms with Gasteiger partial charge in [0.25, 0.3) is 5.91 Å². The second-order valence-corrected chi connectivity index (χ2v) is 8.27. The highest BCUT2D eigenvalue weighted by Crippen LogP contribution is 2.24. The van der Waals surface area contributed by atoms with Crippen molar-refractivity contribution in [2.45, 2.75) is 32.2 Å². The van der Waals surface area contributed by atoms with Gasteiger partial charge >= 0.3 is 0 Å². The smallest absolute Gasteiger partial charge is 0.254 e. The van der Waals surface area contributed by atoms with Crippen molar-refractivity contribution in [1.29, 1.82) is 0 Å². The number of thiophene rings is 1. The standard InChI is InChI=1S/C21H28N2O2S/c1-16-5-10-20(26-16)15-23(12-13-25-2)21(24)18-8-6-17(7-9-18)19-4-3-11-22-14-19/h5-10,19,22H,3-4,11-15H2,1-2H3/t19-/m0/s1. The maximum atomic E-state index is 13.0. The third-order valence-corrected chi connectivity index (χ3v) is 5.91. The van der Waals surface area contributed by atoms with Gasteiger partial charge in [0.05, 0.1) is 13.2 Å². The molecule has 0 saturated carbocycles. The van der Waals surface area contributed by atoms with Crippen LogP contribution in [0.25, 0.3) is 0 Å². The van der Waals surface area contributed by atoms with Gasteiger partial charge in [0.15, 0.2) is 0 Å². The largest absolute Gasteiger partial charge is 0.383 e. The number of hydrogen-bond acceptors (Lipinski definition) is 4. The van der Waals surface area contributed by atoms with Gasteiger partial charge in [-0.25, -0.2) is 0 Å². The number of carbonyl (C=O) groups excluding carboxylic acids is 1. The summed E-state index contributed by atoms with van der Waals surface area (Å²) in [5.74, 6) is 0.632. The summed E-state index contributed by atoms with van der Waals surface area (Å²) in [5, 5.41) is 3.45. The molecule has 1 aromatic heterocycles. The average molecular weight is 373 g/mol. The second-order valence-electron chi connectivity index (χ2n) is 6.90. The monoisotopic (exact) mass is 372 g/mol. The third-order valence-electron chi connectivity index (χ3n) is 4.92. The Balaban J connectivity index is 1.70. The second kappa shape index (κ2) is 9.31. The first-order chi connectivity index (χ1) is 12.7. The van der Waals surface area contributed by atoms with Gasteiger partial charge in [-0.2, -0.15) is 0 Å². The van der Waals surface area contributed by atoms with Gasteiger partial charge in [0, 0.05) is 35.5 Å². The molecule has 0 bridgehead atoms. The zero-order valence-corrected chi connectivity index (χ0v) is 16.5. The number of nitrogens with zero attached hydrogens (tertiary/aromatic N) is 1. The zero-order valence-electron chi connectivity index (χ0n) is 15.7. The number of nitrogens with one attached hydrogen (secondary N) is 1. The molecular formula is C21H28N2O2S. The molecule has 0 radical (unpaired) electrons. The maximum absolute atomic E-state index is 13.0. The predicted octanol–water partition coefficient (Wildman–Crippen LogP) is 3.81. The Morgan fingerprint density at radius 3 is 2.69 bits per heavy atom. The molecule has 0 aliphatic carbocycles. The summed E-state index contributed by atoms with van der Waals surface area (Å²) in [6, 6.07) is 12.4. The molecule has 140 valence electrons. The van der Waals surface area contributed by atoms with Gasteiger partial charge in [0.2, 0.25) is 0 Å². The van der Waals surface area contributed by atoms with Crippen molar-refractivity contribution in [2.75, 3.05) is 33.4 Å². The Labute approximate surface area is 160 Å². The van der Waals surface area contributed by atoms with E-state index in [4.69, 9.17) is 4.74 Å². The molecule has 1 amide bonds. The summed E-state index contributed by atoms with van der Waals surface area (Å²) in [7, 11) is 1.67. The lowest BCUT2D eigenvalue weighted by molar-refractivity contribution is 0.0682. The minimum atomic E-state index is 0.0708. The normalized spacial score (nSPS) is 17.2. The minimum absolute atomic E-state index is 0.0708. The molecule has 1 saturated heterocycles. The lowest BCUT2D eigenvalue weighted by atomic mass is 9.91. The minimum Gasteiger partial charge on any atom is -0.383 e. The SMILES string of the molecule is COCCN(Cc1ccc(C)s1)C(=O)c1ccc([C@H]2CCCNC2)cc1. The highest BCUT2D eigenvalue weighted by molar-refractivity contribution is 7.11. The number of methoxy groups -OCH3 is 1. The lowest BCUT2D eigenvalue weighted by Gasteiger charge is -2.24. The van der Waals surface area contributed by atoms with E-state index in [1.165, 1.54) is 28.2 Å².